The summed E-state index contributed by atoms with van der Waals surface area (Å²) in [5, 5.41) is 0.115. The molecule has 1 rings (SSSR count). The van der Waals surface area contributed by atoms with Gasteiger partial charge >= 0.3 is 0 Å². The third-order valence-electron chi connectivity index (χ3n) is 2.76. The average Bonchev–Trinajstić information content (AvgIpc) is 2.31. The van der Waals surface area contributed by atoms with Gasteiger partial charge in [-0.1, -0.05) is 26.0 Å². The van der Waals surface area contributed by atoms with Gasteiger partial charge in [0.25, 0.3) is 0 Å². The van der Waals surface area contributed by atoms with Crippen molar-refractivity contribution in [1.29, 1.82) is 0 Å². The molecule has 4 heteroatoms. The van der Waals surface area contributed by atoms with Gasteiger partial charge < -0.3 is 4.55 Å². The fourth-order valence-electron chi connectivity index (χ4n) is 1.71. The van der Waals surface area contributed by atoms with E-state index in [0.717, 1.165) is 12.0 Å². The van der Waals surface area contributed by atoms with E-state index in [2.05, 4.69) is 13.8 Å². The van der Waals surface area contributed by atoms with Crippen molar-refractivity contribution in [3.8, 4) is 0 Å². The summed E-state index contributed by atoms with van der Waals surface area (Å²) in [6, 6.07) is 0. The van der Waals surface area contributed by atoms with Crippen LogP contribution in [0.4, 0.5) is 0 Å². The van der Waals surface area contributed by atoms with E-state index >= 15 is 0 Å². The fraction of sp³-hybridized carbons (Fsp3) is 0.778. The summed E-state index contributed by atoms with van der Waals surface area (Å²) in [6.07, 6.45) is 3.93. The van der Waals surface area contributed by atoms with Crippen molar-refractivity contribution < 1.29 is 8.76 Å². The van der Waals surface area contributed by atoms with Gasteiger partial charge in [0, 0.05) is 22.8 Å². The van der Waals surface area contributed by atoms with Crippen LogP contribution in [0.3, 0.4) is 0 Å². The highest BCUT2D eigenvalue weighted by Crippen LogP contribution is 2.40. The van der Waals surface area contributed by atoms with Gasteiger partial charge in [-0.25, -0.2) is 0 Å². The predicted molar refractivity (Wildman–Crippen MR) is 59.1 cm³/mol. The van der Waals surface area contributed by atoms with Crippen molar-refractivity contribution in [3.63, 3.8) is 0 Å². The molecule has 0 radical (unpaired) electrons. The summed E-state index contributed by atoms with van der Waals surface area (Å²) in [5.41, 5.74) is 0. The monoisotopic (exact) mass is 220 g/mol. The Bertz CT molecular complexity index is 228. The Balaban J connectivity index is 2.84. The number of hydrogen-bond acceptors (Lipinski definition) is 3. The van der Waals surface area contributed by atoms with Crippen molar-refractivity contribution in [2.24, 2.45) is 11.8 Å². The molecule has 5 atom stereocenters. The molecular weight excluding hydrogens is 204 g/mol. The molecule has 0 aromatic rings. The Morgan fingerprint density at radius 2 is 2.00 bits per heavy atom. The molecule has 0 aromatic carbocycles. The molecule has 0 spiro atoms. The summed E-state index contributed by atoms with van der Waals surface area (Å²) in [7, 11) is -0.932. The Labute approximate surface area is 86.5 Å². The van der Waals surface area contributed by atoms with Gasteiger partial charge in [0.2, 0.25) is 0 Å². The van der Waals surface area contributed by atoms with Crippen molar-refractivity contribution in [2.75, 3.05) is 0 Å². The molecule has 0 saturated carbocycles. The fourth-order valence-corrected chi connectivity index (χ4v) is 4.83. The summed E-state index contributed by atoms with van der Waals surface area (Å²) in [6.45, 7) is 6.09. The first-order valence-corrected chi connectivity index (χ1v) is 6.57. The van der Waals surface area contributed by atoms with E-state index in [1.807, 2.05) is 19.1 Å². The molecule has 2 nitrogen and oxygen atoms in total. The minimum atomic E-state index is -0.932. The zero-order valence-corrected chi connectivity index (χ0v) is 9.77. The minimum Gasteiger partial charge on any atom is -0.329 e. The van der Waals surface area contributed by atoms with Crippen LogP contribution >= 0.6 is 12.0 Å². The van der Waals surface area contributed by atoms with Crippen molar-refractivity contribution in [2.45, 2.75) is 30.6 Å². The maximum atomic E-state index is 11.8. The minimum absolute atomic E-state index is 0.115. The molecule has 1 heterocycles. The summed E-state index contributed by atoms with van der Waals surface area (Å²) < 4.78 is 20.7. The van der Waals surface area contributed by atoms with Crippen LogP contribution in [0.25, 0.3) is 0 Å². The van der Waals surface area contributed by atoms with Gasteiger partial charge in [0.1, 0.15) is 4.58 Å². The van der Waals surface area contributed by atoms with E-state index in [1.54, 1.807) is 0 Å². The number of rotatable bonds is 2. The molecular formula is C9H16O2S2. The lowest BCUT2D eigenvalue weighted by molar-refractivity contribution is 0.447. The molecule has 1 saturated heterocycles. The van der Waals surface area contributed by atoms with Crippen LogP contribution in [0.2, 0.25) is 0 Å². The molecule has 13 heavy (non-hydrogen) atoms. The lowest BCUT2D eigenvalue weighted by atomic mass is 9.94. The van der Waals surface area contributed by atoms with Crippen LogP contribution in [-0.2, 0) is 10.8 Å². The standard InChI is InChI=1S/C9H16O2S2/c1-4-5-8-6(2)7(3)9(12-10)13(8)11/h4-10H,1-3H3. The largest absolute Gasteiger partial charge is 0.329 e. The summed E-state index contributed by atoms with van der Waals surface area (Å²) in [4.78, 5) is 0. The quantitative estimate of drug-likeness (QED) is 0.574. The lowest BCUT2D eigenvalue weighted by Gasteiger charge is -2.12. The highest BCUT2D eigenvalue weighted by molar-refractivity contribution is 8.08. The molecule has 0 aliphatic carbocycles. The molecule has 1 fully saturated rings. The van der Waals surface area contributed by atoms with E-state index in [1.165, 1.54) is 0 Å². The lowest BCUT2D eigenvalue weighted by Crippen LogP contribution is -2.14. The van der Waals surface area contributed by atoms with Gasteiger partial charge in [-0.3, -0.25) is 4.21 Å². The first-order chi connectivity index (χ1) is 6.13. The van der Waals surface area contributed by atoms with Crippen LogP contribution < -0.4 is 0 Å². The maximum absolute atomic E-state index is 11.8. The van der Waals surface area contributed by atoms with Gasteiger partial charge in [-0.15, -0.1) is 0 Å². The van der Waals surface area contributed by atoms with E-state index in [-0.39, 0.29) is 9.83 Å². The Morgan fingerprint density at radius 1 is 1.38 bits per heavy atom. The molecule has 0 bridgehead atoms. The molecule has 76 valence electrons. The first-order valence-electron chi connectivity index (χ1n) is 4.46. The zero-order chi connectivity index (χ0) is 10.0. The van der Waals surface area contributed by atoms with E-state index in [4.69, 9.17) is 4.55 Å². The van der Waals surface area contributed by atoms with E-state index in [0.29, 0.717) is 11.8 Å². The molecule has 5 unspecified atom stereocenters. The second-order valence-corrected chi connectivity index (χ2v) is 6.24. The molecule has 1 aliphatic rings. The molecule has 1 aliphatic heterocycles. The van der Waals surface area contributed by atoms with Crippen LogP contribution in [0.15, 0.2) is 12.2 Å². The number of hydrogen-bond donors (Lipinski definition) is 1. The zero-order valence-electron chi connectivity index (χ0n) is 8.14. The van der Waals surface area contributed by atoms with Gasteiger partial charge in [-0.05, 0) is 18.8 Å². The van der Waals surface area contributed by atoms with Crippen molar-refractivity contribution >= 4 is 22.8 Å². The van der Waals surface area contributed by atoms with Crippen LogP contribution in [0, 0.1) is 11.8 Å². The van der Waals surface area contributed by atoms with Gasteiger partial charge in [0.05, 0.1) is 5.25 Å². The first kappa shape index (κ1) is 11.3. The third kappa shape index (κ3) is 2.00. The topological polar surface area (TPSA) is 37.3 Å². The smallest absolute Gasteiger partial charge is 0.109 e. The Hall–Kier alpha value is 0.200. The average molecular weight is 220 g/mol. The van der Waals surface area contributed by atoms with Crippen LogP contribution in [0.1, 0.15) is 20.8 Å². The SMILES string of the molecule is CC=CC1C(C)C(C)C(SO)S1=O. The van der Waals surface area contributed by atoms with Crippen molar-refractivity contribution in [1.82, 2.24) is 0 Å². The van der Waals surface area contributed by atoms with Crippen LogP contribution in [-0.4, -0.2) is 18.6 Å². The normalized spacial score (nSPS) is 46.0. The van der Waals surface area contributed by atoms with Crippen molar-refractivity contribution in [3.05, 3.63) is 12.2 Å². The molecule has 1 N–H and O–H groups in total. The van der Waals surface area contributed by atoms with Gasteiger partial charge in [0.15, 0.2) is 0 Å². The second kappa shape index (κ2) is 4.62. The number of allylic oxidation sites excluding steroid dienone is 1. The van der Waals surface area contributed by atoms with Crippen LogP contribution in [0.5, 0.6) is 0 Å². The third-order valence-corrected chi connectivity index (χ3v) is 6.23. The molecule has 0 aromatic heterocycles. The Morgan fingerprint density at radius 3 is 2.38 bits per heavy atom. The Kier molecular flexibility index (Phi) is 4.01. The highest BCUT2D eigenvalue weighted by atomic mass is 32.2. The van der Waals surface area contributed by atoms with Gasteiger partial charge in [-0.2, -0.15) is 0 Å². The van der Waals surface area contributed by atoms with E-state index < -0.39 is 10.8 Å². The second-order valence-electron chi connectivity index (χ2n) is 3.51. The predicted octanol–water partition coefficient (Wildman–Crippen LogP) is 2.50. The highest BCUT2D eigenvalue weighted by Gasteiger charge is 2.43. The summed E-state index contributed by atoms with van der Waals surface area (Å²) >= 11 is 0.748. The molecule has 0 amide bonds. The van der Waals surface area contributed by atoms with E-state index in [9.17, 15) is 4.21 Å². The summed E-state index contributed by atoms with van der Waals surface area (Å²) in [5.74, 6) is 0.707. The maximum Gasteiger partial charge on any atom is 0.109 e.